The maximum atomic E-state index is 11.0. The van der Waals surface area contributed by atoms with Crippen LogP contribution in [-0.2, 0) is 4.74 Å². The summed E-state index contributed by atoms with van der Waals surface area (Å²) < 4.78 is 4.76. The Kier molecular flexibility index (Phi) is 5.25. The number of hydrogen-bond acceptors (Lipinski definition) is 2. The average molecular weight is 157 g/mol. The molecule has 0 saturated heterocycles. The van der Waals surface area contributed by atoms with E-state index in [9.17, 15) is 4.79 Å². The maximum Gasteiger partial charge on any atom is 0.413 e. The smallest absolute Gasteiger partial charge is 0.413 e. The summed E-state index contributed by atoms with van der Waals surface area (Å²) >= 11 is 0. The van der Waals surface area contributed by atoms with E-state index in [-0.39, 0.29) is 6.09 Å². The number of nitrogens with zero attached hydrogens (tertiary/aromatic N) is 1. The van der Waals surface area contributed by atoms with Crippen molar-refractivity contribution in [3.8, 4) is 0 Å². The highest BCUT2D eigenvalue weighted by molar-refractivity contribution is 5.68. The van der Waals surface area contributed by atoms with E-state index in [2.05, 4.69) is 6.58 Å². The molecule has 0 aliphatic rings. The van der Waals surface area contributed by atoms with Crippen LogP contribution in [0.1, 0.15) is 20.3 Å². The molecule has 0 aromatic rings. The number of amides is 1. The first-order chi connectivity index (χ1) is 5.26. The molecule has 3 heteroatoms. The lowest BCUT2D eigenvalue weighted by molar-refractivity contribution is 0.122. The molecule has 0 aliphatic heterocycles. The highest BCUT2D eigenvalue weighted by atomic mass is 16.6. The monoisotopic (exact) mass is 157 g/mol. The predicted octanol–water partition coefficient (Wildman–Crippen LogP) is 2.00. The summed E-state index contributed by atoms with van der Waals surface area (Å²) in [6, 6.07) is 0. The zero-order valence-electron chi connectivity index (χ0n) is 7.17. The standard InChI is InChI=1S/C8H15NO2/c1-4-7-9(5-2)8(10)11-6-3/h5H,2,4,6-7H2,1,3H3. The molecule has 1 amide bonds. The van der Waals surface area contributed by atoms with Crippen molar-refractivity contribution in [3.63, 3.8) is 0 Å². The summed E-state index contributed by atoms with van der Waals surface area (Å²) in [5.74, 6) is 0. The third-order valence-corrected chi connectivity index (χ3v) is 1.19. The molecule has 0 saturated carbocycles. The Labute approximate surface area is 67.6 Å². The van der Waals surface area contributed by atoms with Crippen LogP contribution in [0.5, 0.6) is 0 Å². The van der Waals surface area contributed by atoms with Gasteiger partial charge in [-0.3, -0.25) is 4.90 Å². The second-order valence-corrected chi connectivity index (χ2v) is 2.07. The van der Waals surface area contributed by atoms with Crippen LogP contribution in [0.15, 0.2) is 12.8 Å². The van der Waals surface area contributed by atoms with E-state index in [1.54, 1.807) is 6.92 Å². The van der Waals surface area contributed by atoms with Crippen LogP contribution < -0.4 is 0 Å². The second-order valence-electron chi connectivity index (χ2n) is 2.07. The zero-order chi connectivity index (χ0) is 8.69. The Morgan fingerprint density at radius 1 is 1.64 bits per heavy atom. The molecule has 0 radical (unpaired) electrons. The lowest BCUT2D eigenvalue weighted by Gasteiger charge is -2.15. The molecule has 0 aromatic heterocycles. The quantitative estimate of drug-likeness (QED) is 0.624. The Morgan fingerprint density at radius 2 is 2.27 bits per heavy atom. The van der Waals surface area contributed by atoms with E-state index in [0.717, 1.165) is 6.42 Å². The van der Waals surface area contributed by atoms with Crippen molar-refractivity contribution in [3.05, 3.63) is 12.8 Å². The Balaban J connectivity index is 3.81. The molecule has 0 spiro atoms. The van der Waals surface area contributed by atoms with Gasteiger partial charge in [0.2, 0.25) is 0 Å². The van der Waals surface area contributed by atoms with Crippen LogP contribution >= 0.6 is 0 Å². The minimum Gasteiger partial charge on any atom is -0.449 e. The molecule has 0 unspecified atom stereocenters. The van der Waals surface area contributed by atoms with Gasteiger partial charge in [-0.2, -0.15) is 0 Å². The first-order valence-electron chi connectivity index (χ1n) is 3.82. The van der Waals surface area contributed by atoms with Crippen LogP contribution in [0, 0.1) is 0 Å². The van der Waals surface area contributed by atoms with Crippen molar-refractivity contribution in [2.75, 3.05) is 13.2 Å². The van der Waals surface area contributed by atoms with Crippen molar-refractivity contribution in [1.82, 2.24) is 4.90 Å². The molecule has 0 fully saturated rings. The molecule has 3 nitrogen and oxygen atoms in total. The molecule has 0 rings (SSSR count). The maximum absolute atomic E-state index is 11.0. The zero-order valence-corrected chi connectivity index (χ0v) is 7.17. The van der Waals surface area contributed by atoms with Gasteiger partial charge in [0, 0.05) is 12.7 Å². The Bertz CT molecular complexity index is 134. The topological polar surface area (TPSA) is 29.5 Å². The molecule has 11 heavy (non-hydrogen) atoms. The van der Waals surface area contributed by atoms with E-state index in [1.165, 1.54) is 11.1 Å². The van der Waals surface area contributed by atoms with Crippen molar-refractivity contribution in [2.45, 2.75) is 20.3 Å². The average Bonchev–Trinajstić information content (AvgIpc) is 2.00. The minimum atomic E-state index is -0.315. The van der Waals surface area contributed by atoms with Gasteiger partial charge < -0.3 is 4.74 Å². The fourth-order valence-electron chi connectivity index (χ4n) is 0.704. The largest absolute Gasteiger partial charge is 0.449 e. The van der Waals surface area contributed by atoms with Gasteiger partial charge in [0.1, 0.15) is 0 Å². The summed E-state index contributed by atoms with van der Waals surface area (Å²) in [5, 5.41) is 0. The van der Waals surface area contributed by atoms with Crippen LogP contribution in [-0.4, -0.2) is 24.1 Å². The molecule has 0 aliphatic carbocycles. The van der Waals surface area contributed by atoms with Gasteiger partial charge in [-0.05, 0) is 13.3 Å². The SMILES string of the molecule is C=CN(CCC)C(=O)OCC. The third kappa shape index (κ3) is 3.65. The predicted molar refractivity (Wildman–Crippen MR) is 44.2 cm³/mol. The highest BCUT2D eigenvalue weighted by Gasteiger charge is 2.08. The minimum absolute atomic E-state index is 0.315. The van der Waals surface area contributed by atoms with Crippen LogP contribution in [0.3, 0.4) is 0 Å². The Hall–Kier alpha value is -0.990. The normalized spacial score (nSPS) is 8.91. The van der Waals surface area contributed by atoms with Gasteiger partial charge in [0.25, 0.3) is 0 Å². The summed E-state index contributed by atoms with van der Waals surface area (Å²) in [7, 11) is 0. The van der Waals surface area contributed by atoms with Crippen LogP contribution in [0.4, 0.5) is 4.79 Å². The number of rotatable bonds is 4. The molecule has 0 N–H and O–H groups in total. The highest BCUT2D eigenvalue weighted by Crippen LogP contribution is 1.95. The molecule has 0 heterocycles. The van der Waals surface area contributed by atoms with E-state index in [4.69, 9.17) is 4.74 Å². The lowest BCUT2D eigenvalue weighted by atomic mass is 10.4. The van der Waals surface area contributed by atoms with Gasteiger partial charge in [-0.15, -0.1) is 0 Å². The van der Waals surface area contributed by atoms with Crippen molar-refractivity contribution in [2.24, 2.45) is 0 Å². The number of hydrogen-bond donors (Lipinski definition) is 0. The van der Waals surface area contributed by atoms with E-state index in [1.807, 2.05) is 6.92 Å². The molecule has 0 atom stereocenters. The number of carbonyl (C=O) groups is 1. The summed E-state index contributed by atoms with van der Waals surface area (Å²) in [6.45, 7) is 8.37. The number of carbonyl (C=O) groups excluding carboxylic acids is 1. The molecule has 64 valence electrons. The van der Waals surface area contributed by atoms with Crippen molar-refractivity contribution < 1.29 is 9.53 Å². The second kappa shape index (κ2) is 5.77. The van der Waals surface area contributed by atoms with Gasteiger partial charge >= 0.3 is 6.09 Å². The first-order valence-corrected chi connectivity index (χ1v) is 3.82. The molecule has 0 bridgehead atoms. The molecular formula is C8H15NO2. The van der Waals surface area contributed by atoms with E-state index >= 15 is 0 Å². The number of ether oxygens (including phenoxy) is 1. The summed E-state index contributed by atoms with van der Waals surface area (Å²) in [4.78, 5) is 12.5. The van der Waals surface area contributed by atoms with Crippen LogP contribution in [0.25, 0.3) is 0 Å². The summed E-state index contributed by atoms with van der Waals surface area (Å²) in [5.41, 5.74) is 0. The fraction of sp³-hybridized carbons (Fsp3) is 0.625. The van der Waals surface area contributed by atoms with Crippen molar-refractivity contribution in [1.29, 1.82) is 0 Å². The van der Waals surface area contributed by atoms with E-state index < -0.39 is 0 Å². The van der Waals surface area contributed by atoms with Gasteiger partial charge in [-0.1, -0.05) is 13.5 Å². The molecular weight excluding hydrogens is 142 g/mol. The first kappa shape index (κ1) is 10.0. The summed E-state index contributed by atoms with van der Waals surface area (Å²) in [6.07, 6.45) is 2.08. The third-order valence-electron chi connectivity index (χ3n) is 1.19. The fourth-order valence-corrected chi connectivity index (χ4v) is 0.704. The molecule has 0 aromatic carbocycles. The van der Waals surface area contributed by atoms with Gasteiger partial charge in [-0.25, -0.2) is 4.79 Å². The van der Waals surface area contributed by atoms with E-state index in [0.29, 0.717) is 13.2 Å². The lowest BCUT2D eigenvalue weighted by Crippen LogP contribution is -2.26. The van der Waals surface area contributed by atoms with Crippen LogP contribution in [0.2, 0.25) is 0 Å². The van der Waals surface area contributed by atoms with Gasteiger partial charge in [0.05, 0.1) is 6.61 Å². The van der Waals surface area contributed by atoms with Crippen molar-refractivity contribution >= 4 is 6.09 Å². The van der Waals surface area contributed by atoms with Gasteiger partial charge in [0.15, 0.2) is 0 Å². The Morgan fingerprint density at radius 3 is 2.64 bits per heavy atom.